The van der Waals surface area contributed by atoms with Crippen molar-refractivity contribution in [2.45, 2.75) is 33.7 Å². The lowest BCUT2D eigenvalue weighted by molar-refractivity contribution is 0.0894. The predicted molar refractivity (Wildman–Crippen MR) is 69.7 cm³/mol. The van der Waals surface area contributed by atoms with Crippen LogP contribution in [0.5, 0.6) is 0 Å². The van der Waals surface area contributed by atoms with E-state index in [1.54, 1.807) is 19.9 Å². The van der Waals surface area contributed by atoms with Crippen molar-refractivity contribution >= 4 is 5.91 Å². The minimum absolute atomic E-state index is 0.101. The van der Waals surface area contributed by atoms with Gasteiger partial charge in [0.15, 0.2) is 0 Å². The van der Waals surface area contributed by atoms with Gasteiger partial charge in [0.25, 0.3) is 11.5 Å². The summed E-state index contributed by atoms with van der Waals surface area (Å²) in [5, 5.41) is 11.8. The van der Waals surface area contributed by atoms with Crippen LogP contribution in [0.25, 0.3) is 0 Å². The molecule has 1 rings (SSSR count). The summed E-state index contributed by atoms with van der Waals surface area (Å²) in [5.41, 5.74) is 1.07. The maximum absolute atomic E-state index is 12.0. The SMILES string of the molecule is Cc1cc(C)c(C(=O)N[C@H](CO)C(C)C)c(=O)[nH]1. The number of aromatic amines is 1. The molecule has 0 aliphatic heterocycles. The van der Waals surface area contributed by atoms with Crippen LogP contribution >= 0.6 is 0 Å². The van der Waals surface area contributed by atoms with Gasteiger partial charge in [-0.05, 0) is 31.4 Å². The minimum atomic E-state index is -0.443. The molecule has 3 N–H and O–H groups in total. The summed E-state index contributed by atoms with van der Waals surface area (Å²) in [6.07, 6.45) is 0. The molecule has 5 heteroatoms. The van der Waals surface area contributed by atoms with Crippen LogP contribution < -0.4 is 10.9 Å². The van der Waals surface area contributed by atoms with Gasteiger partial charge in [0, 0.05) is 5.69 Å². The lowest BCUT2D eigenvalue weighted by Crippen LogP contribution is -2.43. The van der Waals surface area contributed by atoms with Crippen molar-refractivity contribution in [2.24, 2.45) is 5.92 Å². The van der Waals surface area contributed by atoms with Crippen LogP contribution in [0.4, 0.5) is 0 Å². The highest BCUT2D eigenvalue weighted by Crippen LogP contribution is 2.06. The van der Waals surface area contributed by atoms with Crippen molar-refractivity contribution in [1.29, 1.82) is 0 Å². The highest BCUT2D eigenvalue weighted by atomic mass is 16.3. The van der Waals surface area contributed by atoms with Gasteiger partial charge >= 0.3 is 0 Å². The van der Waals surface area contributed by atoms with E-state index in [4.69, 9.17) is 0 Å². The van der Waals surface area contributed by atoms with Gasteiger partial charge in [-0.25, -0.2) is 0 Å². The second-order valence-corrected chi connectivity index (χ2v) is 4.85. The molecule has 1 amide bonds. The smallest absolute Gasteiger partial charge is 0.261 e. The first-order valence-corrected chi connectivity index (χ1v) is 5.99. The van der Waals surface area contributed by atoms with Crippen LogP contribution in [0, 0.1) is 19.8 Å². The summed E-state index contributed by atoms with van der Waals surface area (Å²) < 4.78 is 0. The fourth-order valence-electron chi connectivity index (χ4n) is 1.80. The van der Waals surface area contributed by atoms with Crippen LogP contribution in [0.1, 0.15) is 35.5 Å². The Morgan fingerprint density at radius 3 is 2.50 bits per heavy atom. The molecule has 5 nitrogen and oxygen atoms in total. The molecule has 18 heavy (non-hydrogen) atoms. The molecule has 1 heterocycles. The molecule has 1 aromatic heterocycles. The van der Waals surface area contributed by atoms with E-state index < -0.39 is 11.5 Å². The maximum atomic E-state index is 12.0. The number of aromatic nitrogens is 1. The van der Waals surface area contributed by atoms with Crippen molar-refractivity contribution < 1.29 is 9.90 Å². The van der Waals surface area contributed by atoms with Gasteiger partial charge in [0.05, 0.1) is 12.6 Å². The standard InChI is InChI=1S/C13H20N2O3/c1-7(2)10(6-16)15-13(18)11-8(3)5-9(4)14-12(11)17/h5,7,10,16H,6H2,1-4H3,(H,14,17)(H,15,18)/t10-/m1/s1. The van der Waals surface area contributed by atoms with Gasteiger partial charge < -0.3 is 15.4 Å². The van der Waals surface area contributed by atoms with E-state index in [0.29, 0.717) is 5.56 Å². The van der Waals surface area contributed by atoms with Crippen LogP contribution in [-0.2, 0) is 0 Å². The lowest BCUT2D eigenvalue weighted by Gasteiger charge is -2.20. The molecule has 0 fully saturated rings. The fraction of sp³-hybridized carbons (Fsp3) is 0.538. The Morgan fingerprint density at radius 1 is 1.44 bits per heavy atom. The maximum Gasteiger partial charge on any atom is 0.261 e. The van der Waals surface area contributed by atoms with Crippen LogP contribution in [0.15, 0.2) is 10.9 Å². The van der Waals surface area contributed by atoms with Gasteiger partial charge in [0.1, 0.15) is 5.56 Å². The van der Waals surface area contributed by atoms with Gasteiger partial charge in [-0.15, -0.1) is 0 Å². The zero-order chi connectivity index (χ0) is 13.9. The minimum Gasteiger partial charge on any atom is -0.394 e. The molecular formula is C13H20N2O3. The number of nitrogens with one attached hydrogen (secondary N) is 2. The van der Waals surface area contributed by atoms with Gasteiger partial charge in [-0.3, -0.25) is 9.59 Å². The number of pyridine rings is 1. The Hall–Kier alpha value is -1.62. The van der Waals surface area contributed by atoms with E-state index in [1.807, 2.05) is 13.8 Å². The van der Waals surface area contributed by atoms with Crippen LogP contribution in [0.2, 0.25) is 0 Å². The van der Waals surface area contributed by atoms with Crippen molar-refractivity contribution in [3.8, 4) is 0 Å². The normalized spacial score (nSPS) is 12.6. The summed E-state index contributed by atoms with van der Waals surface area (Å²) in [5.74, 6) is -0.342. The van der Waals surface area contributed by atoms with Crippen molar-refractivity contribution in [1.82, 2.24) is 10.3 Å². The third-order valence-electron chi connectivity index (χ3n) is 2.91. The second-order valence-electron chi connectivity index (χ2n) is 4.85. The quantitative estimate of drug-likeness (QED) is 0.739. The molecule has 100 valence electrons. The zero-order valence-corrected chi connectivity index (χ0v) is 11.2. The largest absolute Gasteiger partial charge is 0.394 e. The Kier molecular flexibility index (Phi) is 4.67. The molecule has 0 aliphatic rings. The van der Waals surface area contributed by atoms with E-state index in [2.05, 4.69) is 10.3 Å². The lowest BCUT2D eigenvalue weighted by atomic mass is 10.0. The Labute approximate surface area is 106 Å². The Bertz CT molecular complexity index is 491. The average molecular weight is 252 g/mol. The van der Waals surface area contributed by atoms with Gasteiger partial charge in [-0.2, -0.15) is 0 Å². The summed E-state index contributed by atoms with van der Waals surface area (Å²) >= 11 is 0. The second kappa shape index (κ2) is 5.82. The zero-order valence-electron chi connectivity index (χ0n) is 11.2. The number of hydrogen-bond acceptors (Lipinski definition) is 3. The van der Waals surface area contributed by atoms with Crippen molar-refractivity contribution in [3.63, 3.8) is 0 Å². The summed E-state index contributed by atoms with van der Waals surface area (Å²) in [6, 6.07) is 1.40. The molecule has 0 radical (unpaired) electrons. The molecule has 0 aromatic carbocycles. The topological polar surface area (TPSA) is 82.2 Å². The molecule has 0 unspecified atom stereocenters. The highest BCUT2D eigenvalue weighted by Gasteiger charge is 2.19. The third-order valence-corrected chi connectivity index (χ3v) is 2.91. The first-order valence-electron chi connectivity index (χ1n) is 5.99. The molecular weight excluding hydrogens is 232 g/mol. The van der Waals surface area contributed by atoms with E-state index in [-0.39, 0.29) is 24.1 Å². The van der Waals surface area contributed by atoms with Crippen LogP contribution in [-0.4, -0.2) is 28.6 Å². The van der Waals surface area contributed by atoms with E-state index in [0.717, 1.165) is 5.69 Å². The van der Waals surface area contributed by atoms with E-state index in [1.165, 1.54) is 0 Å². The number of hydrogen-bond donors (Lipinski definition) is 3. The number of amides is 1. The predicted octanol–water partition coefficient (Wildman–Crippen LogP) is 0.738. The van der Waals surface area contributed by atoms with E-state index in [9.17, 15) is 14.7 Å². The number of carbonyl (C=O) groups excluding carboxylic acids is 1. The van der Waals surface area contributed by atoms with Crippen molar-refractivity contribution in [3.05, 3.63) is 33.2 Å². The van der Waals surface area contributed by atoms with Crippen LogP contribution in [0.3, 0.4) is 0 Å². The summed E-state index contributed by atoms with van der Waals surface area (Å²) in [4.78, 5) is 26.4. The molecule has 0 bridgehead atoms. The summed E-state index contributed by atoms with van der Waals surface area (Å²) in [6.45, 7) is 7.13. The first-order chi connectivity index (χ1) is 8.36. The number of rotatable bonds is 4. The number of H-pyrrole nitrogens is 1. The first kappa shape index (κ1) is 14.4. The summed E-state index contributed by atoms with van der Waals surface area (Å²) in [7, 11) is 0. The van der Waals surface area contributed by atoms with E-state index >= 15 is 0 Å². The Balaban J connectivity index is 3.02. The number of aliphatic hydroxyl groups excluding tert-OH is 1. The Morgan fingerprint density at radius 2 is 2.06 bits per heavy atom. The molecule has 0 spiro atoms. The number of aryl methyl sites for hydroxylation is 2. The molecule has 1 atom stereocenters. The molecule has 0 saturated heterocycles. The third kappa shape index (κ3) is 3.20. The van der Waals surface area contributed by atoms with Crippen molar-refractivity contribution in [2.75, 3.05) is 6.61 Å². The molecule has 1 aromatic rings. The molecule has 0 aliphatic carbocycles. The van der Waals surface area contributed by atoms with Gasteiger partial charge in [-0.1, -0.05) is 13.8 Å². The average Bonchev–Trinajstić information content (AvgIpc) is 2.23. The number of aliphatic hydroxyl groups is 1. The fourth-order valence-corrected chi connectivity index (χ4v) is 1.80. The molecule has 0 saturated carbocycles. The highest BCUT2D eigenvalue weighted by molar-refractivity contribution is 5.95. The van der Waals surface area contributed by atoms with Gasteiger partial charge in [0.2, 0.25) is 0 Å². The monoisotopic (exact) mass is 252 g/mol. The number of carbonyl (C=O) groups is 1.